The van der Waals surface area contributed by atoms with E-state index in [1.807, 2.05) is 12.1 Å². The fourth-order valence-corrected chi connectivity index (χ4v) is 5.83. The number of anilines is 1. The Balaban J connectivity index is 1.24. The molecule has 0 aromatic heterocycles. The summed E-state index contributed by atoms with van der Waals surface area (Å²) in [6.07, 6.45) is 0.433. The van der Waals surface area contributed by atoms with E-state index in [4.69, 9.17) is 14.2 Å². The summed E-state index contributed by atoms with van der Waals surface area (Å²) in [7, 11) is 3.11. The molecule has 40 heavy (non-hydrogen) atoms. The molecule has 216 valence electrons. The van der Waals surface area contributed by atoms with Crippen LogP contribution < -0.4 is 19.1 Å². The van der Waals surface area contributed by atoms with Crippen molar-refractivity contribution in [3.63, 3.8) is 0 Å². The van der Waals surface area contributed by atoms with E-state index in [2.05, 4.69) is 4.74 Å². The van der Waals surface area contributed by atoms with Gasteiger partial charge in [-0.2, -0.15) is 0 Å². The topological polar surface area (TPSA) is 77.5 Å². The molecule has 2 aliphatic heterocycles. The number of rotatable bonds is 8. The Bertz CT molecular complexity index is 1250. The minimum atomic E-state index is -4.84. The van der Waals surface area contributed by atoms with Gasteiger partial charge in [-0.15, -0.1) is 13.2 Å². The lowest BCUT2D eigenvalue weighted by Crippen LogP contribution is -2.47. The van der Waals surface area contributed by atoms with Crippen LogP contribution in [0.1, 0.15) is 49.7 Å². The Morgan fingerprint density at radius 3 is 2.45 bits per heavy atom. The SMILES string of the molecule is COC(=O)[C@@H]1CC[C@@H](C(=O)N2CCc3cc(OCc4ccc(OC5CCCC5)c(OC(F)(F)F)c4)ccc32)N1C. The fraction of sp³-hybridized carbons (Fsp3) is 0.517. The Morgan fingerprint density at radius 2 is 1.73 bits per heavy atom. The van der Waals surface area contributed by atoms with E-state index in [0.717, 1.165) is 36.9 Å². The lowest BCUT2D eigenvalue weighted by Gasteiger charge is -2.27. The maximum absolute atomic E-state index is 13.3. The first-order valence-corrected chi connectivity index (χ1v) is 13.5. The van der Waals surface area contributed by atoms with Gasteiger partial charge in [0.2, 0.25) is 5.91 Å². The molecule has 2 aromatic rings. The van der Waals surface area contributed by atoms with Crippen LogP contribution in [0.25, 0.3) is 0 Å². The molecule has 8 nitrogen and oxygen atoms in total. The fourth-order valence-electron chi connectivity index (χ4n) is 5.83. The lowest BCUT2D eigenvalue weighted by molar-refractivity contribution is -0.275. The minimum absolute atomic E-state index is 0.0289. The van der Waals surface area contributed by atoms with Crippen LogP contribution in [0.2, 0.25) is 0 Å². The number of fused-ring (bicyclic) bond motifs is 1. The van der Waals surface area contributed by atoms with Crippen LogP contribution in [0.4, 0.5) is 18.9 Å². The zero-order chi connectivity index (χ0) is 28.4. The number of likely N-dealkylation sites (N-methyl/N-ethyl adjacent to an activating group) is 1. The van der Waals surface area contributed by atoms with E-state index in [1.54, 1.807) is 29.0 Å². The van der Waals surface area contributed by atoms with Gasteiger partial charge in [0.25, 0.3) is 0 Å². The first kappa shape index (κ1) is 28.1. The highest BCUT2D eigenvalue weighted by molar-refractivity contribution is 5.99. The number of methoxy groups -OCH3 is 1. The summed E-state index contributed by atoms with van der Waals surface area (Å²) in [4.78, 5) is 28.9. The van der Waals surface area contributed by atoms with E-state index < -0.39 is 18.4 Å². The Morgan fingerprint density at radius 1 is 0.975 bits per heavy atom. The number of likely N-dealkylation sites (tertiary alicyclic amines) is 1. The molecule has 0 radical (unpaired) electrons. The van der Waals surface area contributed by atoms with Gasteiger partial charge in [0, 0.05) is 12.2 Å². The van der Waals surface area contributed by atoms with Gasteiger partial charge in [0.05, 0.1) is 19.3 Å². The van der Waals surface area contributed by atoms with Crippen molar-refractivity contribution in [2.75, 3.05) is 25.6 Å². The molecule has 1 amide bonds. The number of hydrogen-bond donors (Lipinski definition) is 0. The predicted octanol–water partition coefficient (Wildman–Crippen LogP) is 5.01. The number of benzene rings is 2. The standard InChI is InChI=1S/C29H33F3N2O6/c1-33-23(10-11-24(33)28(36)37-2)27(35)34-14-13-19-16-21(8-9-22(19)34)38-17-18-7-12-25(39-20-5-3-4-6-20)26(15-18)40-29(30,31)32/h7-9,12,15-16,20,23-24H,3-6,10-11,13-14,17H2,1-2H3/t23-,24-/m0/s1. The molecule has 3 aliphatic rings. The van der Waals surface area contributed by atoms with Crippen molar-refractivity contribution >= 4 is 17.6 Å². The molecule has 0 N–H and O–H groups in total. The largest absolute Gasteiger partial charge is 0.573 e. The Labute approximate surface area is 230 Å². The maximum atomic E-state index is 13.3. The van der Waals surface area contributed by atoms with Crippen molar-refractivity contribution in [1.29, 1.82) is 0 Å². The van der Waals surface area contributed by atoms with E-state index in [-0.39, 0.29) is 36.1 Å². The molecule has 0 bridgehead atoms. The number of alkyl halides is 3. The molecule has 1 saturated carbocycles. The molecule has 2 aromatic carbocycles. The number of nitrogens with zero attached hydrogens (tertiary/aromatic N) is 2. The summed E-state index contributed by atoms with van der Waals surface area (Å²) < 4.78 is 60.0. The van der Waals surface area contributed by atoms with Gasteiger partial charge in [0.1, 0.15) is 18.4 Å². The second-order valence-corrected chi connectivity index (χ2v) is 10.5. The van der Waals surface area contributed by atoms with Crippen molar-refractivity contribution in [1.82, 2.24) is 4.90 Å². The van der Waals surface area contributed by atoms with Gasteiger partial charge in [-0.05, 0) is 93.5 Å². The highest BCUT2D eigenvalue weighted by Gasteiger charge is 2.42. The summed E-state index contributed by atoms with van der Waals surface area (Å²) in [5.41, 5.74) is 2.23. The maximum Gasteiger partial charge on any atom is 0.573 e. The second kappa shape index (κ2) is 11.6. The van der Waals surface area contributed by atoms with E-state index >= 15 is 0 Å². The second-order valence-electron chi connectivity index (χ2n) is 10.5. The Hall–Kier alpha value is -3.47. The molecule has 0 spiro atoms. The third kappa shape index (κ3) is 6.14. The number of halogens is 3. The van der Waals surface area contributed by atoms with Crippen molar-refractivity contribution in [3.05, 3.63) is 47.5 Å². The lowest BCUT2D eigenvalue weighted by atomic mass is 10.1. The minimum Gasteiger partial charge on any atom is -0.489 e. The number of amides is 1. The molecule has 1 saturated heterocycles. The quantitative estimate of drug-likeness (QED) is 0.419. The van der Waals surface area contributed by atoms with Gasteiger partial charge in [-0.3, -0.25) is 14.5 Å². The number of esters is 1. The van der Waals surface area contributed by atoms with Gasteiger partial charge >= 0.3 is 12.3 Å². The van der Waals surface area contributed by atoms with Crippen molar-refractivity contribution < 1.29 is 41.7 Å². The first-order valence-electron chi connectivity index (χ1n) is 13.5. The smallest absolute Gasteiger partial charge is 0.489 e. The molecule has 2 atom stereocenters. The third-order valence-corrected chi connectivity index (χ3v) is 7.90. The van der Waals surface area contributed by atoms with Gasteiger partial charge in [-0.1, -0.05) is 6.07 Å². The van der Waals surface area contributed by atoms with Crippen LogP contribution in [0.5, 0.6) is 17.2 Å². The Kier molecular flexibility index (Phi) is 8.11. The van der Waals surface area contributed by atoms with Gasteiger partial charge in [-0.25, -0.2) is 0 Å². The first-order chi connectivity index (χ1) is 19.1. The predicted molar refractivity (Wildman–Crippen MR) is 139 cm³/mol. The molecule has 11 heteroatoms. The summed E-state index contributed by atoms with van der Waals surface area (Å²) in [6, 6.07) is 9.04. The van der Waals surface area contributed by atoms with Crippen LogP contribution in [0, 0.1) is 0 Å². The monoisotopic (exact) mass is 562 g/mol. The number of carbonyl (C=O) groups excluding carboxylic acids is 2. The normalized spacial score (nSPS) is 21.4. The number of ether oxygens (including phenoxy) is 4. The molecule has 5 rings (SSSR count). The van der Waals surface area contributed by atoms with Crippen molar-refractivity contribution in [2.24, 2.45) is 0 Å². The summed E-state index contributed by atoms with van der Waals surface area (Å²) in [6.45, 7) is 0.548. The summed E-state index contributed by atoms with van der Waals surface area (Å²) in [5.74, 6) is -0.162. The molecular formula is C29H33F3N2O6. The summed E-state index contributed by atoms with van der Waals surface area (Å²) in [5, 5.41) is 0. The van der Waals surface area contributed by atoms with Crippen LogP contribution in [0.3, 0.4) is 0 Å². The van der Waals surface area contributed by atoms with Crippen LogP contribution in [-0.2, 0) is 27.4 Å². The molecule has 1 aliphatic carbocycles. The average Bonchev–Trinajstić information content (AvgIpc) is 3.67. The average molecular weight is 563 g/mol. The third-order valence-electron chi connectivity index (χ3n) is 7.90. The highest BCUT2D eigenvalue weighted by atomic mass is 19.4. The van der Waals surface area contributed by atoms with E-state index in [1.165, 1.54) is 19.2 Å². The zero-order valence-corrected chi connectivity index (χ0v) is 22.5. The van der Waals surface area contributed by atoms with Crippen molar-refractivity contribution in [2.45, 2.75) is 76.1 Å². The van der Waals surface area contributed by atoms with E-state index in [9.17, 15) is 22.8 Å². The van der Waals surface area contributed by atoms with Crippen LogP contribution in [0.15, 0.2) is 36.4 Å². The zero-order valence-electron chi connectivity index (χ0n) is 22.5. The van der Waals surface area contributed by atoms with Crippen LogP contribution >= 0.6 is 0 Å². The molecule has 0 unspecified atom stereocenters. The summed E-state index contributed by atoms with van der Waals surface area (Å²) >= 11 is 0. The van der Waals surface area contributed by atoms with Crippen LogP contribution in [-0.4, -0.2) is 62.0 Å². The molecule has 2 fully saturated rings. The highest BCUT2D eigenvalue weighted by Crippen LogP contribution is 2.37. The molecule has 2 heterocycles. The van der Waals surface area contributed by atoms with Gasteiger partial charge in [0.15, 0.2) is 11.5 Å². The van der Waals surface area contributed by atoms with E-state index in [0.29, 0.717) is 37.1 Å². The number of carbonyl (C=O) groups is 2. The van der Waals surface area contributed by atoms with Gasteiger partial charge < -0.3 is 23.8 Å². The van der Waals surface area contributed by atoms with Crippen molar-refractivity contribution in [3.8, 4) is 17.2 Å². The number of hydrogen-bond acceptors (Lipinski definition) is 7. The molecular weight excluding hydrogens is 529 g/mol.